The largest absolute Gasteiger partial charge is 0.434 e. The van der Waals surface area contributed by atoms with Gasteiger partial charge in [0.25, 0.3) is 0 Å². The van der Waals surface area contributed by atoms with Gasteiger partial charge in [-0.2, -0.15) is 8.78 Å². The van der Waals surface area contributed by atoms with Crippen molar-refractivity contribution in [3.8, 4) is 5.75 Å². The van der Waals surface area contributed by atoms with Crippen molar-refractivity contribution in [2.45, 2.75) is 51.9 Å². The Kier molecular flexibility index (Phi) is 7.43. The van der Waals surface area contributed by atoms with Crippen LogP contribution in [0, 0.1) is 0 Å². The van der Waals surface area contributed by atoms with Gasteiger partial charge in [-0.1, -0.05) is 18.2 Å². The molecule has 1 aromatic carbocycles. The number of rotatable bonds is 9. The van der Waals surface area contributed by atoms with Crippen LogP contribution in [0.5, 0.6) is 5.75 Å². The zero-order chi connectivity index (χ0) is 18.2. The van der Waals surface area contributed by atoms with Crippen molar-refractivity contribution in [1.29, 1.82) is 0 Å². The number of nitrogens with zero attached hydrogens (tertiary/aromatic N) is 2. The number of halogens is 2. The summed E-state index contributed by atoms with van der Waals surface area (Å²) in [7, 11) is 1.69. The standard InChI is InChI=1S/C18H28F2N4O/c1-13(2)24(15-8-9-15)11-10-22-18(21-3)23-12-14-6-4-5-7-16(14)25-17(19)20/h4-7,13,15,17H,8-12H2,1-3H3,(H2,21,22,23). The number of nitrogens with one attached hydrogen (secondary N) is 2. The second-order valence-corrected chi connectivity index (χ2v) is 6.40. The maximum absolute atomic E-state index is 12.5. The Morgan fingerprint density at radius 2 is 2.00 bits per heavy atom. The van der Waals surface area contributed by atoms with Crippen LogP contribution in [0.1, 0.15) is 32.3 Å². The topological polar surface area (TPSA) is 48.9 Å². The Morgan fingerprint density at radius 3 is 2.60 bits per heavy atom. The lowest BCUT2D eigenvalue weighted by atomic mass is 10.2. The number of hydrogen-bond acceptors (Lipinski definition) is 3. The molecule has 7 heteroatoms. The van der Waals surface area contributed by atoms with Crippen LogP contribution in [0.4, 0.5) is 8.78 Å². The molecule has 0 atom stereocenters. The molecule has 0 radical (unpaired) electrons. The van der Waals surface area contributed by atoms with Gasteiger partial charge in [0.15, 0.2) is 5.96 Å². The van der Waals surface area contributed by atoms with E-state index in [1.54, 1.807) is 25.2 Å². The lowest BCUT2D eigenvalue weighted by molar-refractivity contribution is -0.0504. The van der Waals surface area contributed by atoms with E-state index in [1.807, 2.05) is 0 Å². The van der Waals surface area contributed by atoms with E-state index >= 15 is 0 Å². The minimum absolute atomic E-state index is 0.181. The van der Waals surface area contributed by atoms with Crippen LogP contribution in [0.15, 0.2) is 29.3 Å². The van der Waals surface area contributed by atoms with Crippen molar-refractivity contribution in [2.24, 2.45) is 4.99 Å². The first-order chi connectivity index (χ1) is 12.0. The summed E-state index contributed by atoms with van der Waals surface area (Å²) in [6, 6.07) is 8.01. The summed E-state index contributed by atoms with van der Waals surface area (Å²) in [5.41, 5.74) is 0.660. The van der Waals surface area contributed by atoms with Crippen molar-refractivity contribution in [3.63, 3.8) is 0 Å². The SMILES string of the molecule is CN=C(NCCN(C(C)C)C1CC1)NCc1ccccc1OC(F)F. The number of para-hydroxylation sites is 1. The molecule has 0 amide bonds. The fraction of sp³-hybridized carbons (Fsp3) is 0.611. The fourth-order valence-electron chi connectivity index (χ4n) is 2.83. The third-order valence-corrected chi connectivity index (χ3v) is 4.20. The lowest BCUT2D eigenvalue weighted by Gasteiger charge is -2.26. The van der Waals surface area contributed by atoms with E-state index in [4.69, 9.17) is 0 Å². The van der Waals surface area contributed by atoms with E-state index < -0.39 is 6.61 Å². The molecule has 0 bridgehead atoms. The van der Waals surface area contributed by atoms with Gasteiger partial charge in [-0.3, -0.25) is 9.89 Å². The lowest BCUT2D eigenvalue weighted by Crippen LogP contribution is -2.43. The molecule has 2 rings (SSSR count). The predicted molar refractivity (Wildman–Crippen MR) is 96.1 cm³/mol. The average molecular weight is 354 g/mol. The van der Waals surface area contributed by atoms with Crippen LogP contribution in [0.3, 0.4) is 0 Å². The molecule has 0 unspecified atom stereocenters. The molecule has 0 aliphatic heterocycles. The van der Waals surface area contributed by atoms with Crippen LogP contribution in [0.2, 0.25) is 0 Å². The van der Waals surface area contributed by atoms with Gasteiger partial charge in [-0.15, -0.1) is 0 Å². The zero-order valence-corrected chi connectivity index (χ0v) is 15.1. The van der Waals surface area contributed by atoms with Crippen LogP contribution in [-0.2, 0) is 6.54 Å². The van der Waals surface area contributed by atoms with Crippen molar-refractivity contribution in [1.82, 2.24) is 15.5 Å². The van der Waals surface area contributed by atoms with E-state index in [9.17, 15) is 8.78 Å². The summed E-state index contributed by atoms with van der Waals surface area (Å²) in [5.74, 6) is 0.825. The number of hydrogen-bond donors (Lipinski definition) is 2. The molecule has 0 heterocycles. The van der Waals surface area contributed by atoms with Crippen LogP contribution >= 0.6 is 0 Å². The molecule has 1 aliphatic rings. The van der Waals surface area contributed by atoms with Gasteiger partial charge < -0.3 is 15.4 Å². The molecular weight excluding hydrogens is 326 g/mol. The number of aliphatic imine (C=N–C) groups is 1. The van der Waals surface area contributed by atoms with E-state index in [0.29, 0.717) is 24.1 Å². The van der Waals surface area contributed by atoms with E-state index in [-0.39, 0.29) is 5.75 Å². The molecule has 2 N–H and O–H groups in total. The van der Waals surface area contributed by atoms with Crippen molar-refractivity contribution in [3.05, 3.63) is 29.8 Å². The first kappa shape index (κ1) is 19.4. The van der Waals surface area contributed by atoms with Gasteiger partial charge in [0, 0.05) is 44.3 Å². The number of alkyl halides is 2. The number of ether oxygens (including phenoxy) is 1. The molecular formula is C18H28F2N4O. The first-order valence-electron chi connectivity index (χ1n) is 8.74. The number of benzene rings is 1. The summed E-state index contributed by atoms with van der Waals surface area (Å²) in [4.78, 5) is 6.67. The second-order valence-electron chi connectivity index (χ2n) is 6.40. The Labute approximate surface area is 148 Å². The third-order valence-electron chi connectivity index (χ3n) is 4.20. The third kappa shape index (κ3) is 6.49. The maximum atomic E-state index is 12.5. The highest BCUT2D eigenvalue weighted by molar-refractivity contribution is 5.79. The number of guanidine groups is 1. The first-order valence-corrected chi connectivity index (χ1v) is 8.74. The minimum atomic E-state index is -2.83. The molecule has 0 aromatic heterocycles. The molecule has 1 saturated carbocycles. The van der Waals surface area contributed by atoms with Crippen LogP contribution in [0.25, 0.3) is 0 Å². The Morgan fingerprint density at radius 1 is 1.28 bits per heavy atom. The van der Waals surface area contributed by atoms with Crippen molar-refractivity contribution < 1.29 is 13.5 Å². The molecule has 5 nitrogen and oxygen atoms in total. The highest BCUT2D eigenvalue weighted by atomic mass is 19.3. The predicted octanol–water partition coefficient (Wildman–Crippen LogP) is 2.83. The average Bonchev–Trinajstić information content (AvgIpc) is 3.39. The van der Waals surface area contributed by atoms with E-state index in [1.165, 1.54) is 18.9 Å². The molecule has 1 aromatic rings. The molecule has 0 spiro atoms. The molecule has 0 saturated heterocycles. The second kappa shape index (κ2) is 9.56. The van der Waals surface area contributed by atoms with Gasteiger partial charge in [0.1, 0.15) is 5.75 Å². The molecule has 1 aliphatic carbocycles. The van der Waals surface area contributed by atoms with Crippen LogP contribution < -0.4 is 15.4 Å². The zero-order valence-electron chi connectivity index (χ0n) is 15.1. The summed E-state index contributed by atoms with van der Waals surface area (Å²) >= 11 is 0. The monoisotopic (exact) mass is 354 g/mol. The molecule has 1 fully saturated rings. The van der Waals surface area contributed by atoms with Crippen LogP contribution in [-0.4, -0.2) is 49.7 Å². The Hall–Kier alpha value is -1.89. The Balaban J connectivity index is 1.80. The molecule has 140 valence electrons. The highest BCUT2D eigenvalue weighted by Crippen LogP contribution is 2.27. The summed E-state index contributed by atoms with van der Waals surface area (Å²) in [6.45, 7) is 3.69. The van der Waals surface area contributed by atoms with Gasteiger partial charge >= 0.3 is 6.61 Å². The van der Waals surface area contributed by atoms with Gasteiger partial charge in [-0.25, -0.2) is 0 Å². The smallest absolute Gasteiger partial charge is 0.387 e. The Bertz CT molecular complexity index is 560. The highest BCUT2D eigenvalue weighted by Gasteiger charge is 2.30. The van der Waals surface area contributed by atoms with E-state index in [2.05, 4.69) is 39.1 Å². The quantitative estimate of drug-likeness (QED) is 0.529. The van der Waals surface area contributed by atoms with Crippen molar-refractivity contribution in [2.75, 3.05) is 20.1 Å². The van der Waals surface area contributed by atoms with Gasteiger partial charge in [0.2, 0.25) is 0 Å². The van der Waals surface area contributed by atoms with Crippen molar-refractivity contribution >= 4 is 5.96 Å². The molecule has 25 heavy (non-hydrogen) atoms. The van der Waals surface area contributed by atoms with E-state index in [0.717, 1.165) is 19.1 Å². The summed E-state index contributed by atoms with van der Waals surface area (Å²) in [6.07, 6.45) is 2.57. The van der Waals surface area contributed by atoms with Gasteiger partial charge in [-0.05, 0) is 32.8 Å². The summed E-state index contributed by atoms with van der Waals surface area (Å²) < 4.78 is 29.5. The minimum Gasteiger partial charge on any atom is -0.434 e. The normalized spacial score (nSPS) is 15.1. The van der Waals surface area contributed by atoms with Gasteiger partial charge in [0.05, 0.1) is 0 Å². The summed E-state index contributed by atoms with van der Waals surface area (Å²) in [5, 5.41) is 6.42. The maximum Gasteiger partial charge on any atom is 0.387 e. The fourth-order valence-corrected chi connectivity index (χ4v) is 2.83.